The van der Waals surface area contributed by atoms with Crippen molar-refractivity contribution in [3.63, 3.8) is 0 Å². The molecule has 1 aliphatic heterocycles. The lowest BCUT2D eigenvalue weighted by Gasteiger charge is -2.21. The van der Waals surface area contributed by atoms with Crippen molar-refractivity contribution in [2.75, 3.05) is 24.6 Å². The Balaban J connectivity index is 2.08. The molecule has 0 unspecified atom stereocenters. The van der Waals surface area contributed by atoms with Gasteiger partial charge < -0.3 is 16.6 Å². The smallest absolute Gasteiger partial charge is 0.225 e. The van der Waals surface area contributed by atoms with Crippen molar-refractivity contribution in [2.24, 2.45) is 0 Å². The monoisotopic (exact) mass is 224 g/mol. The Labute approximate surface area is 93.5 Å². The van der Waals surface area contributed by atoms with Crippen molar-refractivity contribution < 1.29 is 5.11 Å². The molecular formula is C9H16N6O. The van der Waals surface area contributed by atoms with E-state index in [2.05, 4.69) is 19.9 Å². The van der Waals surface area contributed by atoms with Crippen molar-refractivity contribution in [3.05, 3.63) is 5.82 Å². The maximum absolute atomic E-state index is 9.18. The molecule has 5 N–H and O–H groups in total. The van der Waals surface area contributed by atoms with E-state index in [1.54, 1.807) is 0 Å². The van der Waals surface area contributed by atoms with Gasteiger partial charge in [0.15, 0.2) is 0 Å². The fourth-order valence-electron chi connectivity index (χ4n) is 2.02. The second-order valence-corrected chi connectivity index (χ2v) is 3.92. The molecule has 1 aromatic heterocycles. The highest BCUT2D eigenvalue weighted by atomic mass is 16.3. The van der Waals surface area contributed by atoms with Crippen LogP contribution in [0.2, 0.25) is 0 Å². The largest absolute Gasteiger partial charge is 0.395 e. The van der Waals surface area contributed by atoms with Gasteiger partial charge in [-0.1, -0.05) is 0 Å². The third-order valence-electron chi connectivity index (χ3n) is 2.77. The number of hydrogen-bond acceptors (Lipinski definition) is 7. The van der Waals surface area contributed by atoms with Gasteiger partial charge in [-0.15, -0.1) is 0 Å². The van der Waals surface area contributed by atoms with E-state index in [0.717, 1.165) is 19.4 Å². The van der Waals surface area contributed by atoms with Gasteiger partial charge in [0.25, 0.3) is 0 Å². The zero-order valence-electron chi connectivity index (χ0n) is 9.00. The second-order valence-electron chi connectivity index (χ2n) is 3.92. The van der Waals surface area contributed by atoms with Gasteiger partial charge in [-0.3, -0.25) is 4.90 Å². The molecule has 0 radical (unpaired) electrons. The first-order chi connectivity index (χ1) is 7.69. The molecule has 16 heavy (non-hydrogen) atoms. The minimum atomic E-state index is 0.141. The predicted molar refractivity (Wildman–Crippen MR) is 59.2 cm³/mol. The molecule has 2 rings (SSSR count). The summed E-state index contributed by atoms with van der Waals surface area (Å²) in [6.45, 7) is 1.66. The van der Waals surface area contributed by atoms with E-state index in [1.807, 2.05) is 0 Å². The molecule has 7 heteroatoms. The van der Waals surface area contributed by atoms with Gasteiger partial charge in [0.1, 0.15) is 5.82 Å². The Kier molecular flexibility index (Phi) is 3.16. The normalized spacial score (nSPS) is 21.4. The highest BCUT2D eigenvalue weighted by Crippen LogP contribution is 2.18. The lowest BCUT2D eigenvalue weighted by molar-refractivity contribution is 0.151. The fourth-order valence-corrected chi connectivity index (χ4v) is 2.02. The first kappa shape index (κ1) is 11.0. The van der Waals surface area contributed by atoms with Crippen molar-refractivity contribution >= 4 is 11.9 Å². The molecule has 1 aromatic rings. The van der Waals surface area contributed by atoms with Crippen LogP contribution in [0.4, 0.5) is 11.9 Å². The van der Waals surface area contributed by atoms with Crippen LogP contribution in [0.1, 0.15) is 18.7 Å². The molecule has 7 nitrogen and oxygen atoms in total. The zero-order valence-corrected chi connectivity index (χ0v) is 9.00. The minimum Gasteiger partial charge on any atom is -0.395 e. The van der Waals surface area contributed by atoms with E-state index < -0.39 is 0 Å². The Hall–Kier alpha value is -1.47. The summed E-state index contributed by atoms with van der Waals surface area (Å²) >= 11 is 0. The Morgan fingerprint density at radius 2 is 1.94 bits per heavy atom. The highest BCUT2D eigenvalue weighted by molar-refractivity contribution is 5.25. The number of nitrogens with two attached hydrogens (primary N) is 2. The molecule has 2 heterocycles. The molecule has 0 aliphatic carbocycles. The quantitative estimate of drug-likeness (QED) is 0.602. The lowest BCUT2D eigenvalue weighted by atomic mass is 10.2. The number of anilines is 2. The number of hydrogen-bond donors (Lipinski definition) is 3. The number of nitrogen functional groups attached to an aromatic ring is 2. The Bertz CT molecular complexity index is 351. The van der Waals surface area contributed by atoms with Gasteiger partial charge in [-0.2, -0.15) is 15.0 Å². The van der Waals surface area contributed by atoms with Crippen LogP contribution in [0.3, 0.4) is 0 Å². The summed E-state index contributed by atoms with van der Waals surface area (Å²) in [5.41, 5.74) is 11.0. The summed E-state index contributed by atoms with van der Waals surface area (Å²) in [7, 11) is 0. The number of aliphatic hydroxyl groups is 1. The number of aliphatic hydroxyl groups excluding tert-OH is 1. The zero-order chi connectivity index (χ0) is 11.5. The molecule has 1 saturated heterocycles. The number of nitrogens with zero attached hydrogens (tertiary/aromatic N) is 4. The van der Waals surface area contributed by atoms with Crippen LogP contribution in [0.5, 0.6) is 0 Å². The summed E-state index contributed by atoms with van der Waals surface area (Å²) in [6, 6.07) is 0.194. The van der Waals surface area contributed by atoms with E-state index in [0.29, 0.717) is 12.4 Å². The Morgan fingerprint density at radius 1 is 1.25 bits per heavy atom. The van der Waals surface area contributed by atoms with Gasteiger partial charge in [-0.05, 0) is 19.4 Å². The highest BCUT2D eigenvalue weighted by Gasteiger charge is 2.24. The van der Waals surface area contributed by atoms with Crippen molar-refractivity contribution in [2.45, 2.75) is 25.4 Å². The fraction of sp³-hybridized carbons (Fsp3) is 0.667. The maximum Gasteiger partial charge on any atom is 0.225 e. The molecule has 0 saturated carbocycles. The van der Waals surface area contributed by atoms with Crippen LogP contribution in [-0.4, -0.2) is 44.2 Å². The summed E-state index contributed by atoms with van der Waals surface area (Å²) in [4.78, 5) is 13.9. The Morgan fingerprint density at radius 3 is 2.56 bits per heavy atom. The summed E-state index contributed by atoms with van der Waals surface area (Å²) in [5.74, 6) is 0.842. The van der Waals surface area contributed by atoms with Gasteiger partial charge in [-0.25, -0.2) is 0 Å². The molecule has 0 amide bonds. The topological polar surface area (TPSA) is 114 Å². The van der Waals surface area contributed by atoms with E-state index in [1.165, 1.54) is 0 Å². The third kappa shape index (κ3) is 2.37. The lowest BCUT2D eigenvalue weighted by Crippen LogP contribution is -2.32. The van der Waals surface area contributed by atoms with Gasteiger partial charge in [0, 0.05) is 6.04 Å². The number of aromatic nitrogens is 3. The molecule has 1 atom stereocenters. The van der Waals surface area contributed by atoms with Crippen molar-refractivity contribution in [3.8, 4) is 0 Å². The molecule has 1 aliphatic rings. The standard InChI is InChI=1S/C9H16N6O/c10-8-12-7(13-9(11)14-8)4-15-3-1-2-6(15)5-16/h6,16H,1-5H2,(H4,10,11,12,13,14)/t6-/m1/s1. The minimum absolute atomic E-state index is 0.141. The average molecular weight is 224 g/mol. The van der Waals surface area contributed by atoms with Crippen LogP contribution in [0, 0.1) is 0 Å². The second kappa shape index (κ2) is 4.58. The summed E-state index contributed by atoms with van der Waals surface area (Å²) in [6.07, 6.45) is 2.09. The predicted octanol–water partition coefficient (Wildman–Crippen LogP) is -1.01. The van der Waals surface area contributed by atoms with Gasteiger partial charge in [0.2, 0.25) is 11.9 Å². The molecule has 88 valence electrons. The van der Waals surface area contributed by atoms with Crippen LogP contribution in [0.15, 0.2) is 0 Å². The van der Waals surface area contributed by atoms with Crippen molar-refractivity contribution in [1.29, 1.82) is 0 Å². The molecule has 0 bridgehead atoms. The van der Waals surface area contributed by atoms with Crippen molar-refractivity contribution in [1.82, 2.24) is 19.9 Å². The van der Waals surface area contributed by atoms with E-state index in [4.69, 9.17) is 11.5 Å². The van der Waals surface area contributed by atoms with Crippen LogP contribution >= 0.6 is 0 Å². The summed E-state index contributed by atoms with van der Waals surface area (Å²) < 4.78 is 0. The molecular weight excluding hydrogens is 208 g/mol. The first-order valence-electron chi connectivity index (χ1n) is 5.30. The van der Waals surface area contributed by atoms with Crippen LogP contribution in [-0.2, 0) is 6.54 Å². The number of likely N-dealkylation sites (tertiary alicyclic amines) is 1. The van der Waals surface area contributed by atoms with E-state index >= 15 is 0 Å². The molecule has 0 spiro atoms. The van der Waals surface area contributed by atoms with E-state index in [-0.39, 0.29) is 24.5 Å². The van der Waals surface area contributed by atoms with Crippen LogP contribution in [0.25, 0.3) is 0 Å². The van der Waals surface area contributed by atoms with Gasteiger partial charge >= 0.3 is 0 Å². The maximum atomic E-state index is 9.18. The average Bonchev–Trinajstić information content (AvgIpc) is 2.63. The van der Waals surface area contributed by atoms with Crippen LogP contribution < -0.4 is 11.5 Å². The summed E-state index contributed by atoms with van der Waals surface area (Å²) in [5, 5.41) is 9.18. The van der Waals surface area contributed by atoms with E-state index in [9.17, 15) is 5.11 Å². The SMILES string of the molecule is Nc1nc(N)nc(CN2CCC[C@@H]2CO)n1. The number of rotatable bonds is 3. The first-order valence-corrected chi connectivity index (χ1v) is 5.30. The molecule has 0 aromatic carbocycles. The molecule has 1 fully saturated rings. The third-order valence-corrected chi connectivity index (χ3v) is 2.77. The van der Waals surface area contributed by atoms with Gasteiger partial charge in [0.05, 0.1) is 13.2 Å².